The van der Waals surface area contributed by atoms with Crippen molar-refractivity contribution in [3.8, 4) is 0 Å². The predicted octanol–water partition coefficient (Wildman–Crippen LogP) is 6.72. The number of nitrogens with one attached hydrogen (secondary N) is 1. The van der Waals surface area contributed by atoms with Gasteiger partial charge in [-0.25, -0.2) is 0 Å². The fourth-order valence-electron chi connectivity index (χ4n) is 3.84. The number of halogens is 6. The van der Waals surface area contributed by atoms with E-state index >= 15 is 0 Å². The first kappa shape index (κ1) is 23.6. The van der Waals surface area contributed by atoms with Gasteiger partial charge in [-0.05, 0) is 61.6 Å². The van der Waals surface area contributed by atoms with Gasteiger partial charge >= 0.3 is 12.4 Å². The molecule has 1 aliphatic rings. The Bertz CT molecular complexity index is 838. The summed E-state index contributed by atoms with van der Waals surface area (Å²) in [6.07, 6.45) is -9.04. The van der Waals surface area contributed by atoms with Crippen molar-refractivity contribution in [2.45, 2.75) is 50.7 Å². The summed E-state index contributed by atoms with van der Waals surface area (Å²) in [6, 6.07) is 11.1. The molecule has 0 saturated carbocycles. The molecule has 0 unspecified atom stereocenters. The smallest absolute Gasteiger partial charge is 0.372 e. The number of benzene rings is 2. The SMILES string of the molecule is C[C@H]1CC[C@@](CO[C@H](C)c2cc(C(F)(F)F)cc(C(F)(F)F)c2)(c2ccccc2)NC1. The average molecular weight is 445 g/mol. The van der Waals surface area contributed by atoms with Gasteiger partial charge in [0.2, 0.25) is 0 Å². The van der Waals surface area contributed by atoms with Crippen LogP contribution in [-0.2, 0) is 22.6 Å². The highest BCUT2D eigenvalue weighted by atomic mass is 19.4. The number of piperidine rings is 1. The second-order valence-corrected chi connectivity index (χ2v) is 8.27. The van der Waals surface area contributed by atoms with Crippen molar-refractivity contribution in [2.75, 3.05) is 13.2 Å². The Balaban J connectivity index is 1.87. The predicted molar refractivity (Wildman–Crippen MR) is 105 cm³/mol. The summed E-state index contributed by atoms with van der Waals surface area (Å²) in [7, 11) is 0. The van der Waals surface area contributed by atoms with Crippen LogP contribution in [0.15, 0.2) is 48.5 Å². The quantitative estimate of drug-likeness (QED) is 0.516. The van der Waals surface area contributed by atoms with E-state index in [4.69, 9.17) is 4.74 Å². The fraction of sp³-hybridized carbons (Fsp3) is 0.478. The molecule has 1 heterocycles. The molecule has 8 heteroatoms. The molecule has 2 nitrogen and oxygen atoms in total. The third-order valence-electron chi connectivity index (χ3n) is 5.84. The third-order valence-corrected chi connectivity index (χ3v) is 5.84. The molecule has 1 fully saturated rings. The van der Waals surface area contributed by atoms with Gasteiger partial charge in [-0.2, -0.15) is 26.3 Å². The highest BCUT2D eigenvalue weighted by Crippen LogP contribution is 2.39. The summed E-state index contributed by atoms with van der Waals surface area (Å²) in [6.45, 7) is 4.46. The van der Waals surface area contributed by atoms with Gasteiger partial charge in [0, 0.05) is 0 Å². The van der Waals surface area contributed by atoms with Crippen molar-refractivity contribution in [3.05, 3.63) is 70.8 Å². The van der Waals surface area contributed by atoms with E-state index in [1.165, 1.54) is 6.92 Å². The summed E-state index contributed by atoms with van der Waals surface area (Å²) in [5, 5.41) is 3.49. The van der Waals surface area contributed by atoms with Crippen LogP contribution >= 0.6 is 0 Å². The lowest BCUT2D eigenvalue weighted by Gasteiger charge is -2.41. The average Bonchev–Trinajstić information content (AvgIpc) is 2.72. The molecule has 1 N–H and O–H groups in total. The summed E-state index contributed by atoms with van der Waals surface area (Å²) in [5.74, 6) is 0.465. The first-order valence-corrected chi connectivity index (χ1v) is 10.1. The van der Waals surface area contributed by atoms with Gasteiger partial charge in [-0.15, -0.1) is 0 Å². The Labute approximate surface area is 177 Å². The molecule has 31 heavy (non-hydrogen) atoms. The molecular weight excluding hydrogens is 420 g/mol. The first-order chi connectivity index (χ1) is 14.4. The van der Waals surface area contributed by atoms with Crippen LogP contribution < -0.4 is 5.32 Å². The molecule has 2 aromatic carbocycles. The van der Waals surface area contributed by atoms with Gasteiger partial charge in [-0.3, -0.25) is 0 Å². The van der Waals surface area contributed by atoms with E-state index in [-0.39, 0.29) is 18.2 Å². The largest absolute Gasteiger partial charge is 0.416 e. The van der Waals surface area contributed by atoms with E-state index in [0.29, 0.717) is 5.92 Å². The van der Waals surface area contributed by atoms with Crippen LogP contribution in [0.4, 0.5) is 26.3 Å². The molecule has 1 aliphatic heterocycles. The molecule has 3 atom stereocenters. The Morgan fingerprint density at radius 2 is 1.58 bits per heavy atom. The normalized spacial score (nSPS) is 23.5. The van der Waals surface area contributed by atoms with Crippen molar-refractivity contribution in [2.24, 2.45) is 5.92 Å². The van der Waals surface area contributed by atoms with E-state index in [2.05, 4.69) is 12.2 Å². The van der Waals surface area contributed by atoms with Crippen LogP contribution in [0.25, 0.3) is 0 Å². The molecule has 3 rings (SSSR count). The highest BCUT2D eigenvalue weighted by molar-refractivity contribution is 5.35. The lowest BCUT2D eigenvalue weighted by atomic mass is 9.80. The molecule has 1 saturated heterocycles. The first-order valence-electron chi connectivity index (χ1n) is 10.1. The molecule has 0 spiro atoms. The summed E-state index contributed by atoms with van der Waals surface area (Å²) in [5.41, 5.74) is -2.40. The van der Waals surface area contributed by atoms with Crippen LogP contribution in [-0.4, -0.2) is 13.2 Å². The third kappa shape index (κ3) is 5.60. The Morgan fingerprint density at radius 3 is 2.06 bits per heavy atom. The van der Waals surface area contributed by atoms with Crippen molar-refractivity contribution in [3.63, 3.8) is 0 Å². The zero-order valence-corrected chi connectivity index (χ0v) is 17.3. The van der Waals surface area contributed by atoms with Gasteiger partial charge in [-0.1, -0.05) is 37.3 Å². The molecule has 0 bridgehead atoms. The van der Waals surface area contributed by atoms with Crippen LogP contribution in [0.5, 0.6) is 0 Å². The second-order valence-electron chi connectivity index (χ2n) is 8.27. The highest BCUT2D eigenvalue weighted by Gasteiger charge is 2.39. The van der Waals surface area contributed by atoms with Gasteiger partial charge in [0.1, 0.15) is 0 Å². The molecule has 0 aromatic heterocycles. The second kappa shape index (κ2) is 8.82. The Morgan fingerprint density at radius 1 is 1.00 bits per heavy atom. The molecule has 2 aromatic rings. The van der Waals surface area contributed by atoms with Gasteiger partial charge < -0.3 is 10.1 Å². The lowest BCUT2D eigenvalue weighted by molar-refractivity contribution is -0.143. The van der Waals surface area contributed by atoms with Crippen LogP contribution in [0.3, 0.4) is 0 Å². The number of hydrogen-bond acceptors (Lipinski definition) is 2. The van der Waals surface area contributed by atoms with Gasteiger partial charge in [0.05, 0.1) is 29.4 Å². The van der Waals surface area contributed by atoms with E-state index in [9.17, 15) is 26.3 Å². The minimum absolute atomic E-state index is 0.127. The van der Waals surface area contributed by atoms with Crippen molar-refractivity contribution < 1.29 is 31.1 Å². The number of rotatable bonds is 5. The maximum Gasteiger partial charge on any atom is 0.416 e. The molecule has 0 aliphatic carbocycles. The van der Waals surface area contributed by atoms with Crippen LogP contribution in [0.1, 0.15) is 55.0 Å². The number of ether oxygens (including phenoxy) is 1. The minimum atomic E-state index is -4.89. The standard InChI is InChI=1S/C23H25F6NO/c1-15-8-9-21(30-13-15,18-6-4-3-5-7-18)14-31-16(2)17-10-19(22(24,25)26)12-20(11-17)23(27,28)29/h3-7,10-12,15-16,30H,8-9,13-14H2,1-2H3/t15-,16+,21+/m0/s1. The summed E-state index contributed by atoms with van der Waals surface area (Å²) < 4.78 is 85.0. The maximum atomic E-state index is 13.2. The molecule has 170 valence electrons. The van der Waals surface area contributed by atoms with Gasteiger partial charge in [0.25, 0.3) is 0 Å². The molecule has 0 amide bonds. The number of hydrogen-bond donors (Lipinski definition) is 1. The van der Waals surface area contributed by atoms with Crippen LogP contribution in [0, 0.1) is 5.92 Å². The van der Waals surface area contributed by atoms with Crippen LogP contribution in [0.2, 0.25) is 0 Å². The fourth-order valence-corrected chi connectivity index (χ4v) is 3.84. The monoisotopic (exact) mass is 445 g/mol. The zero-order chi connectivity index (χ0) is 22.9. The Kier molecular flexibility index (Phi) is 6.72. The molecule has 0 radical (unpaired) electrons. The maximum absolute atomic E-state index is 13.2. The Hall–Kier alpha value is -2.06. The summed E-state index contributed by atoms with van der Waals surface area (Å²) >= 11 is 0. The van der Waals surface area contributed by atoms with Gasteiger partial charge in [0.15, 0.2) is 0 Å². The van der Waals surface area contributed by atoms with Crippen molar-refractivity contribution >= 4 is 0 Å². The zero-order valence-electron chi connectivity index (χ0n) is 17.3. The van der Waals surface area contributed by atoms with E-state index in [1.807, 2.05) is 30.3 Å². The van der Waals surface area contributed by atoms with E-state index in [1.54, 1.807) is 0 Å². The van der Waals surface area contributed by atoms with E-state index < -0.39 is 35.1 Å². The van der Waals surface area contributed by atoms with Crippen molar-refractivity contribution in [1.82, 2.24) is 5.32 Å². The van der Waals surface area contributed by atoms with Crippen molar-refractivity contribution in [1.29, 1.82) is 0 Å². The van der Waals surface area contributed by atoms with E-state index in [0.717, 1.165) is 37.1 Å². The minimum Gasteiger partial charge on any atom is -0.372 e. The summed E-state index contributed by atoms with van der Waals surface area (Å²) in [4.78, 5) is 0. The lowest BCUT2D eigenvalue weighted by Crippen LogP contribution is -2.51. The number of alkyl halides is 6. The molecular formula is C23H25F6NO. The topological polar surface area (TPSA) is 21.3 Å².